The van der Waals surface area contributed by atoms with Gasteiger partial charge in [0.2, 0.25) is 0 Å². The van der Waals surface area contributed by atoms with E-state index in [0.29, 0.717) is 16.3 Å². The number of amides is 1. The Morgan fingerprint density at radius 1 is 1.11 bits per heavy atom. The lowest BCUT2D eigenvalue weighted by Gasteiger charge is -2.11. The minimum absolute atomic E-state index is 0.176. The summed E-state index contributed by atoms with van der Waals surface area (Å²) in [5.41, 5.74) is 2.03. The standard InChI is InChI=1S/C20H18BrClN4O/c21-14-6-4-5-13(11-14)20(27)23-15-8-9-17(22)16(12-15)19-25-24-18-7-2-1-3-10-26(18)19/h4-6,8-9,11-12H,1-3,7,10H2,(H,23,27). The SMILES string of the molecule is O=C(Nc1ccc(Cl)c(-c2nnc3n2CCCCC3)c1)c1cccc(Br)c1. The first kappa shape index (κ1) is 18.2. The number of nitrogens with zero attached hydrogens (tertiary/aromatic N) is 3. The third-order valence-electron chi connectivity index (χ3n) is 4.66. The second kappa shape index (κ2) is 7.82. The number of aromatic nitrogens is 3. The van der Waals surface area contributed by atoms with Crippen molar-refractivity contribution in [3.05, 3.63) is 63.3 Å². The smallest absolute Gasteiger partial charge is 0.255 e. The zero-order valence-electron chi connectivity index (χ0n) is 14.6. The van der Waals surface area contributed by atoms with Gasteiger partial charge >= 0.3 is 0 Å². The van der Waals surface area contributed by atoms with Crippen molar-refractivity contribution in [3.63, 3.8) is 0 Å². The van der Waals surface area contributed by atoms with E-state index in [1.165, 1.54) is 6.42 Å². The van der Waals surface area contributed by atoms with Gasteiger partial charge in [-0.15, -0.1) is 10.2 Å². The average molecular weight is 446 g/mol. The van der Waals surface area contributed by atoms with Gasteiger partial charge in [0, 0.05) is 34.3 Å². The highest BCUT2D eigenvalue weighted by Gasteiger charge is 2.18. The van der Waals surface area contributed by atoms with Gasteiger partial charge in [-0.3, -0.25) is 4.79 Å². The number of nitrogens with one attached hydrogen (secondary N) is 1. The zero-order valence-corrected chi connectivity index (χ0v) is 16.9. The van der Waals surface area contributed by atoms with Crippen molar-refractivity contribution >= 4 is 39.1 Å². The molecule has 2 aromatic carbocycles. The Hall–Kier alpha value is -2.18. The second-order valence-corrected chi connectivity index (χ2v) is 7.88. The van der Waals surface area contributed by atoms with E-state index in [1.54, 1.807) is 24.3 Å². The van der Waals surface area contributed by atoms with Crippen molar-refractivity contribution in [3.8, 4) is 11.4 Å². The van der Waals surface area contributed by atoms with Gasteiger partial charge in [-0.25, -0.2) is 0 Å². The minimum atomic E-state index is -0.176. The van der Waals surface area contributed by atoms with Crippen LogP contribution < -0.4 is 5.32 Å². The summed E-state index contributed by atoms with van der Waals surface area (Å²) in [4.78, 5) is 12.5. The largest absolute Gasteiger partial charge is 0.322 e. The highest BCUT2D eigenvalue weighted by Crippen LogP contribution is 2.31. The Morgan fingerprint density at radius 3 is 2.85 bits per heavy atom. The van der Waals surface area contributed by atoms with Gasteiger partial charge in [-0.1, -0.05) is 40.0 Å². The van der Waals surface area contributed by atoms with Crippen LogP contribution in [0.5, 0.6) is 0 Å². The Kier molecular flexibility index (Phi) is 5.27. The molecule has 0 fully saturated rings. The molecule has 1 amide bonds. The quantitative estimate of drug-likeness (QED) is 0.592. The third kappa shape index (κ3) is 3.92. The maximum absolute atomic E-state index is 12.5. The number of hydrogen-bond acceptors (Lipinski definition) is 3. The van der Waals surface area contributed by atoms with Crippen molar-refractivity contribution in [1.82, 2.24) is 14.8 Å². The lowest BCUT2D eigenvalue weighted by atomic mass is 10.1. The molecule has 3 aromatic rings. The van der Waals surface area contributed by atoms with Crippen LogP contribution >= 0.6 is 27.5 Å². The predicted octanol–water partition coefficient (Wildman–Crippen LogP) is 5.34. The highest BCUT2D eigenvalue weighted by atomic mass is 79.9. The van der Waals surface area contributed by atoms with Gasteiger partial charge in [0.1, 0.15) is 5.82 Å². The molecule has 0 unspecified atom stereocenters. The summed E-state index contributed by atoms with van der Waals surface area (Å²) >= 11 is 9.83. The van der Waals surface area contributed by atoms with Crippen LogP contribution in [0.4, 0.5) is 5.69 Å². The number of benzene rings is 2. The number of aryl methyl sites for hydroxylation is 1. The number of fused-ring (bicyclic) bond motifs is 1. The highest BCUT2D eigenvalue weighted by molar-refractivity contribution is 9.10. The molecular formula is C20H18BrClN4O. The number of rotatable bonds is 3. The molecule has 0 saturated carbocycles. The van der Waals surface area contributed by atoms with Gasteiger partial charge < -0.3 is 9.88 Å². The van der Waals surface area contributed by atoms with Crippen molar-refractivity contribution in [2.24, 2.45) is 0 Å². The van der Waals surface area contributed by atoms with Gasteiger partial charge in [-0.2, -0.15) is 0 Å². The van der Waals surface area contributed by atoms with Gasteiger partial charge in [0.05, 0.1) is 5.02 Å². The summed E-state index contributed by atoms with van der Waals surface area (Å²) in [7, 11) is 0. The molecule has 7 heteroatoms. The number of anilines is 1. The summed E-state index contributed by atoms with van der Waals surface area (Å²) < 4.78 is 3.01. The molecule has 1 aliphatic rings. The molecule has 5 nitrogen and oxygen atoms in total. The topological polar surface area (TPSA) is 59.8 Å². The molecule has 0 aliphatic carbocycles. The maximum Gasteiger partial charge on any atom is 0.255 e. The van der Waals surface area contributed by atoms with Crippen molar-refractivity contribution in [1.29, 1.82) is 0 Å². The fraction of sp³-hybridized carbons (Fsp3) is 0.250. The van der Waals surface area contributed by atoms with E-state index in [4.69, 9.17) is 11.6 Å². The average Bonchev–Trinajstić information content (AvgIpc) is 2.91. The molecule has 138 valence electrons. The molecular weight excluding hydrogens is 428 g/mol. The molecule has 2 heterocycles. The molecule has 4 rings (SSSR count). The minimum Gasteiger partial charge on any atom is -0.322 e. The molecule has 0 radical (unpaired) electrons. The Bertz CT molecular complexity index is 1000. The van der Waals surface area contributed by atoms with Crippen molar-refractivity contribution < 1.29 is 4.79 Å². The number of carbonyl (C=O) groups is 1. The van der Waals surface area contributed by atoms with E-state index in [1.807, 2.05) is 18.2 Å². The molecule has 0 atom stereocenters. The van der Waals surface area contributed by atoms with Crippen LogP contribution in [0.25, 0.3) is 11.4 Å². The Balaban J connectivity index is 1.64. The molecule has 0 spiro atoms. The summed E-state index contributed by atoms with van der Waals surface area (Å²) in [6, 6.07) is 12.7. The maximum atomic E-state index is 12.5. The van der Waals surface area contributed by atoms with Crippen LogP contribution in [0.15, 0.2) is 46.9 Å². The normalized spacial score (nSPS) is 13.7. The van der Waals surface area contributed by atoms with Crippen LogP contribution in [0.3, 0.4) is 0 Å². The van der Waals surface area contributed by atoms with E-state index in [0.717, 1.165) is 47.5 Å². The molecule has 27 heavy (non-hydrogen) atoms. The van der Waals surface area contributed by atoms with Crippen molar-refractivity contribution in [2.75, 3.05) is 5.32 Å². The molecule has 1 N–H and O–H groups in total. The van der Waals surface area contributed by atoms with E-state index in [9.17, 15) is 4.79 Å². The monoisotopic (exact) mass is 444 g/mol. The van der Waals surface area contributed by atoms with E-state index in [-0.39, 0.29) is 5.91 Å². The lowest BCUT2D eigenvalue weighted by Crippen LogP contribution is -2.12. The Labute approximate surface area is 170 Å². The molecule has 0 saturated heterocycles. The van der Waals surface area contributed by atoms with Crippen LogP contribution in [-0.2, 0) is 13.0 Å². The van der Waals surface area contributed by atoms with Crippen LogP contribution in [0, 0.1) is 0 Å². The van der Waals surface area contributed by atoms with Gasteiger partial charge in [0.25, 0.3) is 5.91 Å². The number of carbonyl (C=O) groups excluding carboxylic acids is 1. The number of halogens is 2. The first-order valence-electron chi connectivity index (χ1n) is 8.91. The summed E-state index contributed by atoms with van der Waals surface area (Å²) in [5, 5.41) is 12.2. The van der Waals surface area contributed by atoms with E-state index in [2.05, 4.69) is 36.0 Å². The summed E-state index contributed by atoms with van der Waals surface area (Å²) in [6.45, 7) is 0.891. The van der Waals surface area contributed by atoms with Crippen LogP contribution in [-0.4, -0.2) is 20.7 Å². The van der Waals surface area contributed by atoms with Gasteiger partial charge in [-0.05, 0) is 49.2 Å². The fourth-order valence-corrected chi connectivity index (χ4v) is 3.89. The van der Waals surface area contributed by atoms with E-state index >= 15 is 0 Å². The Morgan fingerprint density at radius 2 is 2.00 bits per heavy atom. The van der Waals surface area contributed by atoms with Crippen LogP contribution in [0.2, 0.25) is 5.02 Å². The predicted molar refractivity (Wildman–Crippen MR) is 110 cm³/mol. The summed E-state index contributed by atoms with van der Waals surface area (Å²) in [6.07, 6.45) is 4.37. The third-order valence-corrected chi connectivity index (χ3v) is 5.48. The molecule has 0 bridgehead atoms. The lowest BCUT2D eigenvalue weighted by molar-refractivity contribution is 0.102. The fourth-order valence-electron chi connectivity index (χ4n) is 3.29. The molecule has 1 aromatic heterocycles. The first-order valence-corrected chi connectivity index (χ1v) is 10.1. The van der Waals surface area contributed by atoms with E-state index < -0.39 is 0 Å². The van der Waals surface area contributed by atoms with Crippen LogP contribution in [0.1, 0.15) is 35.4 Å². The first-order chi connectivity index (χ1) is 13.1. The summed E-state index contributed by atoms with van der Waals surface area (Å²) in [5.74, 6) is 1.59. The second-order valence-electron chi connectivity index (χ2n) is 6.56. The molecule has 1 aliphatic heterocycles. The van der Waals surface area contributed by atoms with Gasteiger partial charge in [0.15, 0.2) is 5.82 Å². The number of hydrogen-bond donors (Lipinski definition) is 1. The van der Waals surface area contributed by atoms with Crippen molar-refractivity contribution in [2.45, 2.75) is 32.2 Å². The zero-order chi connectivity index (χ0) is 18.8.